The summed E-state index contributed by atoms with van der Waals surface area (Å²) in [6.07, 6.45) is 0.670. The van der Waals surface area contributed by atoms with E-state index in [-0.39, 0.29) is 36.6 Å². The third-order valence-electron chi connectivity index (χ3n) is 9.60. The number of epoxide rings is 6. The molecule has 6 atom stereocenters. The van der Waals surface area contributed by atoms with Gasteiger partial charge in [0.25, 0.3) is 0 Å². The first-order valence-electron chi connectivity index (χ1n) is 18.7. The highest BCUT2D eigenvalue weighted by Gasteiger charge is 2.28. The van der Waals surface area contributed by atoms with Crippen LogP contribution in [0.15, 0.2) is 72.8 Å². The van der Waals surface area contributed by atoms with Gasteiger partial charge in [0.15, 0.2) is 0 Å². The fourth-order valence-electron chi connectivity index (χ4n) is 5.96. The molecular formula is C42H42O12. The lowest BCUT2D eigenvalue weighted by Crippen LogP contribution is -2.07. The molecule has 0 N–H and O–H groups in total. The molecule has 6 fully saturated rings. The van der Waals surface area contributed by atoms with E-state index in [0.29, 0.717) is 114 Å². The predicted molar refractivity (Wildman–Crippen MR) is 194 cm³/mol. The summed E-state index contributed by atoms with van der Waals surface area (Å²) in [4.78, 5) is 0. The van der Waals surface area contributed by atoms with E-state index in [9.17, 15) is 0 Å². The molecule has 0 bridgehead atoms. The molecule has 6 aliphatic heterocycles. The highest BCUT2D eigenvalue weighted by atomic mass is 16.6. The Morgan fingerprint density at radius 1 is 0.278 bits per heavy atom. The van der Waals surface area contributed by atoms with Crippen molar-refractivity contribution in [3.05, 3.63) is 72.8 Å². The molecule has 6 aliphatic rings. The van der Waals surface area contributed by atoms with Crippen molar-refractivity contribution in [3.63, 3.8) is 0 Å². The molecule has 10 rings (SSSR count). The van der Waals surface area contributed by atoms with Gasteiger partial charge < -0.3 is 56.8 Å². The molecule has 0 amide bonds. The second-order valence-electron chi connectivity index (χ2n) is 14.5. The standard InChI is InChI=1S/C42H42O12/c1-25(28-4-31(43-13-37-19-49-37)10-32(5-28)44-14-38-20-50-38)2-27(30-8-35(47-17-41-23-53-41)12-36(9-30)48-18-42-24-54-42)3-26(1)29-6-33(45-15-39-21-51-39)11-34(7-29)46-16-40-22-52-40/h1-12,37-42H,13-24H2. The van der Waals surface area contributed by atoms with E-state index in [1.165, 1.54) is 0 Å². The number of hydrogen-bond donors (Lipinski definition) is 0. The van der Waals surface area contributed by atoms with E-state index < -0.39 is 0 Å². The van der Waals surface area contributed by atoms with Crippen molar-refractivity contribution in [1.29, 1.82) is 0 Å². The first-order valence-corrected chi connectivity index (χ1v) is 18.7. The van der Waals surface area contributed by atoms with E-state index in [2.05, 4.69) is 18.2 Å². The summed E-state index contributed by atoms with van der Waals surface area (Å²) in [5.74, 6) is 4.21. The van der Waals surface area contributed by atoms with Crippen molar-refractivity contribution in [3.8, 4) is 67.9 Å². The van der Waals surface area contributed by atoms with Crippen LogP contribution in [-0.2, 0) is 28.4 Å². The van der Waals surface area contributed by atoms with Gasteiger partial charge in [-0.15, -0.1) is 0 Å². The molecule has 12 nitrogen and oxygen atoms in total. The molecule has 0 saturated carbocycles. The fourth-order valence-corrected chi connectivity index (χ4v) is 5.96. The smallest absolute Gasteiger partial charge is 0.123 e. The third kappa shape index (κ3) is 9.56. The second-order valence-corrected chi connectivity index (χ2v) is 14.5. The minimum Gasteiger partial charge on any atom is -0.491 e. The topological polar surface area (TPSA) is 131 Å². The number of ether oxygens (including phenoxy) is 12. The molecule has 0 aromatic heterocycles. The average molecular weight is 739 g/mol. The van der Waals surface area contributed by atoms with Gasteiger partial charge in [-0.3, -0.25) is 0 Å². The molecule has 0 radical (unpaired) electrons. The molecule has 6 saturated heterocycles. The van der Waals surface area contributed by atoms with Crippen LogP contribution in [0.1, 0.15) is 0 Å². The van der Waals surface area contributed by atoms with Crippen LogP contribution in [0.4, 0.5) is 0 Å². The fraction of sp³-hybridized carbons (Fsp3) is 0.429. The Bertz CT molecular complexity index is 1620. The van der Waals surface area contributed by atoms with Gasteiger partial charge in [0.05, 0.1) is 39.6 Å². The number of rotatable bonds is 21. The summed E-state index contributed by atoms with van der Waals surface area (Å²) in [6.45, 7) is 7.08. The summed E-state index contributed by atoms with van der Waals surface area (Å²) in [5, 5.41) is 0. The van der Waals surface area contributed by atoms with Crippen LogP contribution in [0.2, 0.25) is 0 Å². The molecule has 6 heterocycles. The minimum absolute atomic E-state index is 0.112. The zero-order chi connectivity index (χ0) is 35.8. The summed E-state index contributed by atoms with van der Waals surface area (Å²) >= 11 is 0. The van der Waals surface area contributed by atoms with Crippen LogP contribution in [0, 0.1) is 0 Å². The Labute approximate surface area is 312 Å². The van der Waals surface area contributed by atoms with Gasteiger partial charge >= 0.3 is 0 Å². The molecular weight excluding hydrogens is 696 g/mol. The van der Waals surface area contributed by atoms with Crippen LogP contribution >= 0.6 is 0 Å². The third-order valence-corrected chi connectivity index (χ3v) is 9.60. The largest absolute Gasteiger partial charge is 0.491 e. The maximum absolute atomic E-state index is 6.21. The summed E-state index contributed by atoms with van der Waals surface area (Å²) < 4.78 is 69.8. The highest BCUT2D eigenvalue weighted by Crippen LogP contribution is 2.40. The predicted octanol–water partition coefficient (Wildman–Crippen LogP) is 5.35. The minimum atomic E-state index is 0.112. The van der Waals surface area contributed by atoms with Crippen molar-refractivity contribution < 1.29 is 56.8 Å². The van der Waals surface area contributed by atoms with E-state index in [4.69, 9.17) is 56.8 Å². The van der Waals surface area contributed by atoms with Crippen LogP contribution in [-0.4, -0.2) is 116 Å². The lowest BCUT2D eigenvalue weighted by molar-refractivity contribution is 0.252. The number of benzene rings is 4. The average Bonchev–Trinajstić information content (AvgIpc) is 4.00. The Hall–Kier alpha value is -4.56. The zero-order valence-electron chi connectivity index (χ0n) is 29.8. The second kappa shape index (κ2) is 14.9. The van der Waals surface area contributed by atoms with Crippen molar-refractivity contribution in [1.82, 2.24) is 0 Å². The van der Waals surface area contributed by atoms with E-state index in [0.717, 1.165) is 33.4 Å². The molecule has 4 aromatic carbocycles. The maximum Gasteiger partial charge on any atom is 0.123 e. The Kier molecular flexibility index (Phi) is 9.39. The Morgan fingerprint density at radius 3 is 0.611 bits per heavy atom. The van der Waals surface area contributed by atoms with Gasteiger partial charge in [-0.05, 0) is 88.0 Å². The molecule has 54 heavy (non-hydrogen) atoms. The highest BCUT2D eigenvalue weighted by molar-refractivity contribution is 5.83. The first kappa shape index (κ1) is 34.0. The van der Waals surface area contributed by atoms with Gasteiger partial charge in [0, 0.05) is 18.2 Å². The van der Waals surface area contributed by atoms with Gasteiger partial charge in [0.1, 0.15) is 111 Å². The zero-order valence-corrected chi connectivity index (χ0v) is 29.8. The van der Waals surface area contributed by atoms with Crippen molar-refractivity contribution in [2.75, 3.05) is 79.3 Å². The van der Waals surface area contributed by atoms with E-state index >= 15 is 0 Å². The van der Waals surface area contributed by atoms with Crippen molar-refractivity contribution >= 4 is 0 Å². The summed E-state index contributed by atoms with van der Waals surface area (Å²) in [6, 6.07) is 24.6. The van der Waals surface area contributed by atoms with Crippen molar-refractivity contribution in [2.45, 2.75) is 36.6 Å². The molecule has 282 valence electrons. The van der Waals surface area contributed by atoms with Gasteiger partial charge in [-0.2, -0.15) is 0 Å². The molecule has 0 spiro atoms. The molecule has 6 unspecified atom stereocenters. The van der Waals surface area contributed by atoms with Gasteiger partial charge in [-0.1, -0.05) is 0 Å². The summed E-state index contributed by atoms with van der Waals surface area (Å²) in [5.41, 5.74) is 5.67. The molecule has 0 aliphatic carbocycles. The number of hydrogen-bond acceptors (Lipinski definition) is 12. The van der Waals surface area contributed by atoms with Gasteiger partial charge in [0.2, 0.25) is 0 Å². The maximum atomic E-state index is 6.21. The SMILES string of the molecule is c1c(OCC2CO2)cc(-c2cc(-c3cc(OCC4CO4)cc(OCC4CO4)c3)cc(-c3cc(OCC4CO4)cc(OCC4CO4)c3)c2)cc1OCC1CO1. The molecule has 4 aromatic rings. The normalized spacial score (nSPS) is 25.3. The van der Waals surface area contributed by atoms with Gasteiger partial charge in [-0.25, -0.2) is 0 Å². The quantitative estimate of drug-likeness (QED) is 0.102. The summed E-state index contributed by atoms with van der Waals surface area (Å²) in [7, 11) is 0. The molecule has 12 heteroatoms. The lowest BCUT2D eigenvalue weighted by Gasteiger charge is -2.17. The van der Waals surface area contributed by atoms with Crippen molar-refractivity contribution in [2.24, 2.45) is 0 Å². The first-order chi connectivity index (χ1) is 26.6. The van der Waals surface area contributed by atoms with Crippen LogP contribution in [0.25, 0.3) is 33.4 Å². The van der Waals surface area contributed by atoms with Crippen LogP contribution < -0.4 is 28.4 Å². The lowest BCUT2D eigenvalue weighted by atomic mass is 9.92. The Balaban J connectivity index is 1.06. The van der Waals surface area contributed by atoms with E-state index in [1.807, 2.05) is 54.6 Å². The van der Waals surface area contributed by atoms with Crippen LogP contribution in [0.5, 0.6) is 34.5 Å². The Morgan fingerprint density at radius 2 is 0.444 bits per heavy atom. The monoisotopic (exact) mass is 738 g/mol. The van der Waals surface area contributed by atoms with Crippen LogP contribution in [0.3, 0.4) is 0 Å². The van der Waals surface area contributed by atoms with E-state index in [1.54, 1.807) is 0 Å².